The van der Waals surface area contributed by atoms with E-state index in [1.165, 1.54) is 29.4 Å². The molecule has 0 fully saturated rings. The van der Waals surface area contributed by atoms with Crippen LogP contribution in [0.4, 0.5) is 19.0 Å². The molecule has 11 heteroatoms. The second-order valence-corrected chi connectivity index (χ2v) is 6.22. The summed E-state index contributed by atoms with van der Waals surface area (Å²) in [5, 5.41) is 6.54. The number of thiazole rings is 1. The Kier molecular flexibility index (Phi) is 3.92. The van der Waals surface area contributed by atoms with Crippen LogP contribution in [-0.2, 0) is 19.8 Å². The molecule has 22 heavy (non-hydrogen) atoms. The number of rotatable bonds is 3. The molecule has 0 amide bonds. The number of nitrogens with one attached hydrogen (secondary N) is 1. The highest BCUT2D eigenvalue weighted by atomic mass is 127. The van der Waals surface area contributed by atoms with E-state index < -0.39 is 11.9 Å². The van der Waals surface area contributed by atoms with Crippen LogP contribution in [-0.4, -0.2) is 24.7 Å². The molecule has 0 aromatic carbocycles. The summed E-state index contributed by atoms with van der Waals surface area (Å²) in [6.07, 6.45) is -3.08. The minimum absolute atomic E-state index is 0.0728. The predicted molar refractivity (Wildman–Crippen MR) is 83.5 cm³/mol. The van der Waals surface area contributed by atoms with Gasteiger partial charge in [-0.15, -0.1) is 11.3 Å². The van der Waals surface area contributed by atoms with E-state index in [1.54, 1.807) is 28.1 Å². The highest BCUT2D eigenvalue weighted by molar-refractivity contribution is 14.1. The first-order valence-electron chi connectivity index (χ1n) is 5.94. The average molecular weight is 440 g/mol. The third-order valence-corrected chi connectivity index (χ3v) is 4.79. The van der Waals surface area contributed by atoms with Gasteiger partial charge in [0, 0.05) is 7.05 Å². The van der Waals surface area contributed by atoms with E-state index in [2.05, 4.69) is 25.4 Å². The van der Waals surface area contributed by atoms with Crippen molar-refractivity contribution in [2.75, 3.05) is 5.32 Å². The summed E-state index contributed by atoms with van der Waals surface area (Å²) in [4.78, 5) is 13.0. The molecule has 0 aliphatic rings. The summed E-state index contributed by atoms with van der Waals surface area (Å²) in [5.74, 6) is 0.483. The van der Waals surface area contributed by atoms with Gasteiger partial charge < -0.3 is 5.32 Å². The summed E-state index contributed by atoms with van der Waals surface area (Å²) in [7, 11) is 1.48. The van der Waals surface area contributed by atoms with E-state index >= 15 is 0 Å². The van der Waals surface area contributed by atoms with Gasteiger partial charge in [0.1, 0.15) is 16.7 Å². The standard InChI is InChI=1S/C11H8F3IN6S/c1-21-5(6(15)8(20-21)11(12,13)14)2-16-9-7-10(18-3-17-9)22-4-19-7/h3-4H,2H2,1H3,(H,16,17,18). The molecule has 3 aromatic rings. The van der Waals surface area contributed by atoms with Gasteiger partial charge in [0.25, 0.3) is 0 Å². The molecule has 0 aliphatic heterocycles. The Labute approximate surface area is 139 Å². The highest BCUT2D eigenvalue weighted by Gasteiger charge is 2.38. The fourth-order valence-electron chi connectivity index (χ4n) is 1.90. The fraction of sp³-hybridized carbons (Fsp3) is 0.273. The summed E-state index contributed by atoms with van der Waals surface area (Å²) in [6, 6.07) is 0. The summed E-state index contributed by atoms with van der Waals surface area (Å²) < 4.78 is 39.8. The average Bonchev–Trinajstić information content (AvgIpc) is 3.02. The number of hydrogen-bond donors (Lipinski definition) is 1. The minimum atomic E-state index is -4.47. The van der Waals surface area contributed by atoms with Gasteiger partial charge in [-0.2, -0.15) is 18.3 Å². The van der Waals surface area contributed by atoms with Gasteiger partial charge in [-0.1, -0.05) is 0 Å². The zero-order valence-corrected chi connectivity index (χ0v) is 14.0. The third-order valence-electron chi connectivity index (χ3n) is 2.93. The summed E-state index contributed by atoms with van der Waals surface area (Å²) >= 11 is 3.02. The Bertz CT molecular complexity index is 827. The van der Waals surface area contributed by atoms with Gasteiger partial charge in [-0.05, 0) is 22.6 Å². The van der Waals surface area contributed by atoms with Crippen molar-refractivity contribution in [3.8, 4) is 0 Å². The second kappa shape index (κ2) is 5.61. The van der Waals surface area contributed by atoms with Crippen LogP contribution in [0.3, 0.4) is 0 Å². The maximum Gasteiger partial charge on any atom is 0.436 e. The van der Waals surface area contributed by atoms with Crippen molar-refractivity contribution in [2.45, 2.75) is 12.7 Å². The molecule has 0 radical (unpaired) electrons. The molecule has 3 aromatic heterocycles. The Hall–Kier alpha value is -1.50. The van der Waals surface area contributed by atoms with Crippen molar-refractivity contribution in [1.29, 1.82) is 0 Å². The van der Waals surface area contributed by atoms with E-state index in [-0.39, 0.29) is 10.1 Å². The lowest BCUT2D eigenvalue weighted by molar-refractivity contribution is -0.142. The van der Waals surface area contributed by atoms with Crippen molar-refractivity contribution in [2.24, 2.45) is 7.05 Å². The molecule has 116 valence electrons. The molecule has 1 N–H and O–H groups in total. The normalized spacial score (nSPS) is 12.0. The molecule has 0 spiro atoms. The quantitative estimate of drug-likeness (QED) is 0.635. The lowest BCUT2D eigenvalue weighted by Crippen LogP contribution is -2.08. The van der Waals surface area contributed by atoms with E-state index in [9.17, 15) is 13.2 Å². The molecule has 6 nitrogen and oxygen atoms in total. The largest absolute Gasteiger partial charge is 0.436 e. The van der Waals surface area contributed by atoms with Crippen LogP contribution in [0.15, 0.2) is 11.8 Å². The first-order valence-corrected chi connectivity index (χ1v) is 7.90. The van der Waals surface area contributed by atoms with Gasteiger partial charge in [-0.3, -0.25) is 4.68 Å². The highest BCUT2D eigenvalue weighted by Crippen LogP contribution is 2.33. The van der Waals surface area contributed by atoms with E-state index in [4.69, 9.17) is 0 Å². The third kappa shape index (κ3) is 2.74. The maximum atomic E-state index is 12.8. The molecule has 3 heterocycles. The zero-order chi connectivity index (χ0) is 15.9. The van der Waals surface area contributed by atoms with Crippen molar-refractivity contribution >= 4 is 50.1 Å². The van der Waals surface area contributed by atoms with Crippen LogP contribution in [0.1, 0.15) is 11.4 Å². The molecule has 0 aliphatic carbocycles. The fourth-order valence-corrected chi connectivity index (χ4v) is 3.48. The summed E-state index contributed by atoms with van der Waals surface area (Å²) in [6.45, 7) is 0.154. The number of aryl methyl sites for hydroxylation is 1. The number of hydrogen-bond acceptors (Lipinski definition) is 6. The van der Waals surface area contributed by atoms with Crippen LogP contribution in [0.25, 0.3) is 10.3 Å². The number of alkyl halides is 3. The molecular weight excluding hydrogens is 432 g/mol. The lowest BCUT2D eigenvalue weighted by atomic mass is 10.3. The van der Waals surface area contributed by atoms with Crippen molar-refractivity contribution < 1.29 is 13.2 Å². The Morgan fingerprint density at radius 2 is 2.09 bits per heavy atom. The first kappa shape index (κ1) is 15.4. The number of halogens is 4. The molecule has 0 saturated heterocycles. The van der Waals surface area contributed by atoms with Crippen LogP contribution < -0.4 is 5.32 Å². The van der Waals surface area contributed by atoms with Gasteiger partial charge in [0.15, 0.2) is 11.5 Å². The first-order chi connectivity index (χ1) is 10.4. The van der Waals surface area contributed by atoms with Gasteiger partial charge in [-0.25, -0.2) is 15.0 Å². The summed E-state index contributed by atoms with van der Waals surface area (Å²) in [5.41, 5.74) is 1.78. The predicted octanol–water partition coefficient (Wildman–Crippen LogP) is 3.06. The van der Waals surface area contributed by atoms with Crippen LogP contribution in [0.5, 0.6) is 0 Å². The van der Waals surface area contributed by atoms with Gasteiger partial charge in [0.05, 0.1) is 21.3 Å². The topological polar surface area (TPSA) is 68.5 Å². The van der Waals surface area contributed by atoms with Gasteiger partial charge in [0.2, 0.25) is 0 Å². The van der Waals surface area contributed by atoms with Gasteiger partial charge >= 0.3 is 6.18 Å². The van der Waals surface area contributed by atoms with E-state index in [0.717, 1.165) is 0 Å². The number of nitrogens with zero attached hydrogens (tertiary/aromatic N) is 5. The van der Waals surface area contributed by atoms with Crippen LogP contribution in [0.2, 0.25) is 0 Å². The monoisotopic (exact) mass is 440 g/mol. The Morgan fingerprint density at radius 3 is 2.77 bits per heavy atom. The maximum absolute atomic E-state index is 12.8. The van der Waals surface area contributed by atoms with E-state index in [0.29, 0.717) is 21.9 Å². The Balaban J connectivity index is 1.88. The zero-order valence-electron chi connectivity index (χ0n) is 11.0. The number of fused-ring (bicyclic) bond motifs is 1. The SMILES string of the molecule is Cn1nc(C(F)(F)F)c(I)c1CNc1ncnc2scnc12. The molecule has 3 rings (SSSR count). The van der Waals surface area contributed by atoms with Crippen LogP contribution in [0, 0.1) is 3.57 Å². The van der Waals surface area contributed by atoms with Crippen molar-refractivity contribution in [1.82, 2.24) is 24.7 Å². The number of aromatic nitrogens is 5. The van der Waals surface area contributed by atoms with Crippen molar-refractivity contribution in [3.05, 3.63) is 26.8 Å². The van der Waals surface area contributed by atoms with E-state index in [1.807, 2.05) is 0 Å². The molecular formula is C11H8F3IN6S. The Morgan fingerprint density at radius 1 is 1.32 bits per heavy atom. The van der Waals surface area contributed by atoms with Crippen LogP contribution >= 0.6 is 33.9 Å². The smallest absolute Gasteiger partial charge is 0.362 e. The molecule has 0 saturated carbocycles. The molecule has 0 bridgehead atoms. The lowest BCUT2D eigenvalue weighted by Gasteiger charge is -2.07. The van der Waals surface area contributed by atoms with Crippen molar-refractivity contribution in [3.63, 3.8) is 0 Å². The second-order valence-electron chi connectivity index (χ2n) is 4.31. The molecule has 0 unspecified atom stereocenters. The minimum Gasteiger partial charge on any atom is -0.362 e. The molecule has 0 atom stereocenters. The number of anilines is 1.